The number of aromatic nitrogens is 2. The Balaban J connectivity index is 1.61. The van der Waals surface area contributed by atoms with Gasteiger partial charge in [-0.15, -0.1) is 0 Å². The third-order valence-electron chi connectivity index (χ3n) is 3.75. The van der Waals surface area contributed by atoms with Gasteiger partial charge in [-0.3, -0.25) is 4.90 Å². The van der Waals surface area contributed by atoms with Crippen LogP contribution in [0.3, 0.4) is 0 Å². The van der Waals surface area contributed by atoms with E-state index in [0.29, 0.717) is 26.1 Å². The molecule has 1 aliphatic rings. The standard InChI is InChI=1S/C15H24F3N5/c1-22(12-15(16,17)18)6-4-5-19-9-13-10-20-14(21-11-13)23-7-2-3-8-23/h10-11,19H,2-9,12H2,1H3. The highest BCUT2D eigenvalue weighted by atomic mass is 19.4. The molecule has 23 heavy (non-hydrogen) atoms. The van der Waals surface area contributed by atoms with E-state index in [4.69, 9.17) is 0 Å². The molecule has 1 aromatic heterocycles. The molecule has 2 rings (SSSR count). The van der Waals surface area contributed by atoms with E-state index in [9.17, 15) is 13.2 Å². The molecule has 5 nitrogen and oxygen atoms in total. The summed E-state index contributed by atoms with van der Waals surface area (Å²) in [6.07, 6.45) is 2.54. The summed E-state index contributed by atoms with van der Waals surface area (Å²) in [7, 11) is 1.48. The first-order valence-corrected chi connectivity index (χ1v) is 7.96. The van der Waals surface area contributed by atoms with Gasteiger partial charge in [0.05, 0.1) is 6.54 Å². The molecule has 0 unspecified atom stereocenters. The summed E-state index contributed by atoms with van der Waals surface area (Å²) in [5.74, 6) is 0.778. The van der Waals surface area contributed by atoms with Gasteiger partial charge < -0.3 is 10.2 Å². The zero-order valence-electron chi connectivity index (χ0n) is 13.4. The average Bonchev–Trinajstić information content (AvgIpc) is 3.00. The Morgan fingerprint density at radius 2 is 1.87 bits per heavy atom. The predicted molar refractivity (Wildman–Crippen MR) is 83.4 cm³/mol. The van der Waals surface area contributed by atoms with Crippen molar-refractivity contribution in [2.24, 2.45) is 0 Å². The van der Waals surface area contributed by atoms with Crippen LogP contribution in [0.4, 0.5) is 19.1 Å². The third-order valence-corrected chi connectivity index (χ3v) is 3.75. The van der Waals surface area contributed by atoms with Gasteiger partial charge in [-0.1, -0.05) is 0 Å². The van der Waals surface area contributed by atoms with Crippen molar-refractivity contribution in [2.45, 2.75) is 32.0 Å². The van der Waals surface area contributed by atoms with Gasteiger partial charge in [-0.2, -0.15) is 13.2 Å². The summed E-state index contributed by atoms with van der Waals surface area (Å²) < 4.78 is 36.5. The molecule has 0 spiro atoms. The fourth-order valence-corrected chi connectivity index (χ4v) is 2.61. The van der Waals surface area contributed by atoms with Crippen LogP contribution in [-0.4, -0.2) is 60.8 Å². The largest absolute Gasteiger partial charge is 0.401 e. The fourth-order valence-electron chi connectivity index (χ4n) is 2.61. The molecular formula is C15H24F3N5. The first kappa shape index (κ1) is 17.9. The smallest absolute Gasteiger partial charge is 0.341 e. The molecule has 130 valence electrons. The minimum Gasteiger partial charge on any atom is -0.341 e. The second-order valence-electron chi connectivity index (χ2n) is 5.97. The van der Waals surface area contributed by atoms with E-state index in [1.54, 1.807) is 0 Å². The first-order valence-electron chi connectivity index (χ1n) is 7.96. The Labute approximate surface area is 134 Å². The second kappa shape index (κ2) is 8.44. The molecule has 0 radical (unpaired) electrons. The molecule has 2 heterocycles. The van der Waals surface area contributed by atoms with Crippen molar-refractivity contribution in [3.8, 4) is 0 Å². The van der Waals surface area contributed by atoms with Gasteiger partial charge in [-0.05, 0) is 39.4 Å². The van der Waals surface area contributed by atoms with Gasteiger partial charge in [0.2, 0.25) is 5.95 Å². The van der Waals surface area contributed by atoms with Crippen LogP contribution in [0.5, 0.6) is 0 Å². The van der Waals surface area contributed by atoms with Crippen molar-refractivity contribution in [2.75, 3.05) is 44.7 Å². The highest BCUT2D eigenvalue weighted by Crippen LogP contribution is 2.16. The quantitative estimate of drug-likeness (QED) is 0.739. The Bertz CT molecular complexity index is 457. The van der Waals surface area contributed by atoms with Crippen LogP contribution in [0, 0.1) is 0 Å². The summed E-state index contributed by atoms with van der Waals surface area (Å²) in [6.45, 7) is 2.88. The molecule has 1 saturated heterocycles. The topological polar surface area (TPSA) is 44.3 Å². The van der Waals surface area contributed by atoms with Gasteiger partial charge in [-0.25, -0.2) is 9.97 Å². The van der Waals surface area contributed by atoms with Crippen LogP contribution in [0.1, 0.15) is 24.8 Å². The number of rotatable bonds is 8. The number of alkyl halides is 3. The molecule has 1 fully saturated rings. The lowest BCUT2D eigenvalue weighted by molar-refractivity contribution is -0.143. The molecule has 1 aromatic rings. The van der Waals surface area contributed by atoms with E-state index in [-0.39, 0.29) is 0 Å². The summed E-state index contributed by atoms with van der Waals surface area (Å²) in [4.78, 5) is 12.2. The van der Waals surface area contributed by atoms with Crippen molar-refractivity contribution < 1.29 is 13.2 Å². The highest BCUT2D eigenvalue weighted by Gasteiger charge is 2.28. The number of nitrogens with zero attached hydrogens (tertiary/aromatic N) is 4. The van der Waals surface area contributed by atoms with Crippen molar-refractivity contribution in [3.63, 3.8) is 0 Å². The molecule has 0 atom stereocenters. The molecule has 0 amide bonds. The summed E-state index contributed by atoms with van der Waals surface area (Å²) in [6, 6.07) is 0. The number of anilines is 1. The van der Waals surface area contributed by atoms with E-state index in [0.717, 1.165) is 24.6 Å². The molecule has 0 saturated carbocycles. The Kier molecular flexibility index (Phi) is 6.59. The van der Waals surface area contributed by atoms with Gasteiger partial charge in [0.1, 0.15) is 0 Å². The SMILES string of the molecule is CN(CCCNCc1cnc(N2CCCC2)nc1)CC(F)(F)F. The average molecular weight is 331 g/mol. The third kappa shape index (κ3) is 6.70. The summed E-state index contributed by atoms with van der Waals surface area (Å²) in [5, 5.41) is 3.21. The lowest BCUT2D eigenvalue weighted by Crippen LogP contribution is -2.32. The monoisotopic (exact) mass is 331 g/mol. The molecule has 0 aromatic carbocycles. The van der Waals surface area contributed by atoms with Crippen LogP contribution in [0.15, 0.2) is 12.4 Å². The number of hydrogen-bond acceptors (Lipinski definition) is 5. The minimum absolute atomic E-state index is 0.414. The molecule has 8 heteroatoms. The van der Waals surface area contributed by atoms with Crippen LogP contribution in [-0.2, 0) is 6.54 Å². The van der Waals surface area contributed by atoms with Crippen LogP contribution in [0.2, 0.25) is 0 Å². The summed E-state index contributed by atoms with van der Waals surface area (Å²) in [5.41, 5.74) is 0.983. The second-order valence-corrected chi connectivity index (χ2v) is 5.97. The maximum atomic E-state index is 12.2. The van der Waals surface area contributed by atoms with Gasteiger partial charge in [0, 0.05) is 37.6 Å². The van der Waals surface area contributed by atoms with Crippen molar-refractivity contribution in [3.05, 3.63) is 18.0 Å². The molecule has 0 aliphatic carbocycles. The van der Waals surface area contributed by atoms with Crippen molar-refractivity contribution in [1.82, 2.24) is 20.2 Å². The van der Waals surface area contributed by atoms with Gasteiger partial charge >= 0.3 is 6.18 Å². The van der Waals surface area contributed by atoms with E-state index in [1.807, 2.05) is 12.4 Å². The maximum Gasteiger partial charge on any atom is 0.401 e. The fraction of sp³-hybridized carbons (Fsp3) is 0.733. The van der Waals surface area contributed by atoms with Gasteiger partial charge in [0.25, 0.3) is 0 Å². The number of halogens is 3. The van der Waals surface area contributed by atoms with E-state index >= 15 is 0 Å². The molecular weight excluding hydrogens is 307 g/mol. The highest BCUT2D eigenvalue weighted by molar-refractivity contribution is 5.30. The maximum absolute atomic E-state index is 12.2. The lowest BCUT2D eigenvalue weighted by atomic mass is 10.3. The van der Waals surface area contributed by atoms with Gasteiger partial charge in [0.15, 0.2) is 0 Å². The van der Waals surface area contributed by atoms with E-state index in [1.165, 1.54) is 24.8 Å². The van der Waals surface area contributed by atoms with Crippen molar-refractivity contribution in [1.29, 1.82) is 0 Å². The zero-order chi connectivity index (χ0) is 16.7. The van der Waals surface area contributed by atoms with Crippen LogP contribution in [0.25, 0.3) is 0 Å². The molecule has 0 bridgehead atoms. The molecule has 1 N–H and O–H groups in total. The van der Waals surface area contributed by atoms with E-state index in [2.05, 4.69) is 20.2 Å². The van der Waals surface area contributed by atoms with E-state index < -0.39 is 12.7 Å². The lowest BCUT2D eigenvalue weighted by Gasteiger charge is -2.18. The zero-order valence-corrected chi connectivity index (χ0v) is 13.4. The predicted octanol–water partition coefficient (Wildman–Crippen LogP) is 2.05. The van der Waals surface area contributed by atoms with Crippen molar-refractivity contribution >= 4 is 5.95 Å². The minimum atomic E-state index is -4.13. The molecule has 1 aliphatic heterocycles. The first-order chi connectivity index (χ1) is 10.9. The Hall–Kier alpha value is -1.41. The normalized spacial score (nSPS) is 15.6. The van der Waals surface area contributed by atoms with Crippen LogP contribution >= 0.6 is 0 Å². The number of hydrogen-bond donors (Lipinski definition) is 1. The van der Waals surface area contributed by atoms with Crippen LogP contribution < -0.4 is 10.2 Å². The Morgan fingerprint density at radius 3 is 2.48 bits per heavy atom. The summed E-state index contributed by atoms with van der Waals surface area (Å²) >= 11 is 0. The Morgan fingerprint density at radius 1 is 1.22 bits per heavy atom. The number of nitrogens with one attached hydrogen (secondary N) is 1.